The molecule has 0 radical (unpaired) electrons. The van der Waals surface area contributed by atoms with Crippen molar-refractivity contribution in [3.05, 3.63) is 60.7 Å². The molecule has 0 aliphatic heterocycles. The van der Waals surface area contributed by atoms with Crippen LogP contribution < -0.4 is 9.47 Å². The quantitative estimate of drug-likeness (QED) is 0.327. The molecule has 0 saturated heterocycles. The third-order valence-corrected chi connectivity index (χ3v) is 2.79. The minimum atomic E-state index is -0.406. The molecule has 0 aliphatic rings. The second-order valence-electron chi connectivity index (χ2n) is 4.54. The van der Waals surface area contributed by atoms with Gasteiger partial charge in [0.25, 0.3) is 0 Å². The van der Waals surface area contributed by atoms with Gasteiger partial charge in [-0.3, -0.25) is 0 Å². The van der Waals surface area contributed by atoms with Gasteiger partial charge in [-0.05, 0) is 62.4 Å². The zero-order valence-electron chi connectivity index (χ0n) is 13.1. The van der Waals surface area contributed by atoms with Crippen LogP contribution in [0.5, 0.6) is 11.5 Å². The minimum Gasteiger partial charge on any atom is -0.494 e. The largest absolute Gasteiger partial charge is 0.494 e. The molecule has 2 aromatic rings. The molecule has 0 heterocycles. The van der Waals surface area contributed by atoms with Crippen LogP contribution in [0.1, 0.15) is 13.8 Å². The SMILES string of the molecule is C/C=C/C(=O)Oc1ccc(/N=N/c2ccc(OCC)cc2)cc1. The summed E-state index contributed by atoms with van der Waals surface area (Å²) in [6.07, 6.45) is 2.99. The van der Waals surface area contributed by atoms with Crippen molar-refractivity contribution in [1.82, 2.24) is 0 Å². The summed E-state index contributed by atoms with van der Waals surface area (Å²) in [6.45, 7) is 4.32. The number of benzene rings is 2. The van der Waals surface area contributed by atoms with E-state index >= 15 is 0 Å². The number of allylic oxidation sites excluding steroid dienone is 1. The first-order chi connectivity index (χ1) is 11.2. The number of carbonyl (C=O) groups excluding carboxylic acids is 1. The van der Waals surface area contributed by atoms with Crippen LogP contribution >= 0.6 is 0 Å². The monoisotopic (exact) mass is 310 g/mol. The Bertz CT molecular complexity index is 689. The first kappa shape index (κ1) is 16.4. The third kappa shape index (κ3) is 5.39. The lowest BCUT2D eigenvalue weighted by Crippen LogP contribution is -2.02. The number of nitrogens with zero attached hydrogens (tertiary/aromatic N) is 2. The van der Waals surface area contributed by atoms with E-state index in [-0.39, 0.29) is 0 Å². The van der Waals surface area contributed by atoms with Gasteiger partial charge < -0.3 is 9.47 Å². The average Bonchev–Trinajstić information content (AvgIpc) is 2.56. The van der Waals surface area contributed by atoms with Gasteiger partial charge in [-0.25, -0.2) is 4.79 Å². The van der Waals surface area contributed by atoms with Crippen LogP contribution in [-0.4, -0.2) is 12.6 Å². The van der Waals surface area contributed by atoms with E-state index < -0.39 is 5.97 Å². The van der Waals surface area contributed by atoms with Crippen LogP contribution in [0.15, 0.2) is 70.9 Å². The normalized spacial score (nSPS) is 11.0. The highest BCUT2D eigenvalue weighted by molar-refractivity contribution is 5.83. The van der Waals surface area contributed by atoms with Gasteiger partial charge in [-0.1, -0.05) is 6.08 Å². The molecule has 0 atom stereocenters. The van der Waals surface area contributed by atoms with Crippen LogP contribution in [0.3, 0.4) is 0 Å². The van der Waals surface area contributed by atoms with Crippen molar-refractivity contribution in [2.24, 2.45) is 10.2 Å². The second-order valence-corrected chi connectivity index (χ2v) is 4.54. The molecular formula is C18H18N2O3. The van der Waals surface area contributed by atoms with Crippen LogP contribution in [0.25, 0.3) is 0 Å². The van der Waals surface area contributed by atoms with Crippen molar-refractivity contribution in [2.75, 3.05) is 6.61 Å². The highest BCUT2D eigenvalue weighted by atomic mass is 16.5. The van der Waals surface area contributed by atoms with Crippen LogP contribution in [-0.2, 0) is 4.79 Å². The summed E-state index contributed by atoms with van der Waals surface area (Å²) in [5, 5.41) is 8.29. The summed E-state index contributed by atoms with van der Waals surface area (Å²) in [7, 11) is 0. The summed E-state index contributed by atoms with van der Waals surface area (Å²) < 4.78 is 10.5. The predicted octanol–water partition coefficient (Wildman–Crippen LogP) is 4.98. The lowest BCUT2D eigenvalue weighted by Gasteiger charge is -2.02. The van der Waals surface area contributed by atoms with E-state index in [4.69, 9.17) is 9.47 Å². The van der Waals surface area contributed by atoms with E-state index in [2.05, 4.69) is 10.2 Å². The lowest BCUT2D eigenvalue weighted by molar-refractivity contribution is -0.129. The maximum Gasteiger partial charge on any atom is 0.335 e. The van der Waals surface area contributed by atoms with Crippen molar-refractivity contribution in [1.29, 1.82) is 0 Å². The Morgan fingerprint density at radius 1 is 0.957 bits per heavy atom. The number of esters is 1. The maximum atomic E-state index is 11.3. The van der Waals surface area contributed by atoms with Gasteiger partial charge in [-0.2, -0.15) is 10.2 Å². The molecular weight excluding hydrogens is 292 g/mol. The Hall–Kier alpha value is -2.95. The zero-order chi connectivity index (χ0) is 16.5. The highest BCUT2D eigenvalue weighted by Gasteiger charge is 2.00. The van der Waals surface area contributed by atoms with E-state index in [0.29, 0.717) is 18.0 Å². The van der Waals surface area contributed by atoms with Gasteiger partial charge >= 0.3 is 5.97 Å². The Kier molecular flexibility index (Phi) is 6.06. The lowest BCUT2D eigenvalue weighted by atomic mass is 10.3. The Morgan fingerprint density at radius 3 is 1.96 bits per heavy atom. The molecule has 0 aliphatic carbocycles. The molecule has 0 fully saturated rings. The molecule has 2 aromatic carbocycles. The van der Waals surface area contributed by atoms with Gasteiger partial charge in [0, 0.05) is 6.08 Å². The van der Waals surface area contributed by atoms with Crippen molar-refractivity contribution in [2.45, 2.75) is 13.8 Å². The van der Waals surface area contributed by atoms with Crippen molar-refractivity contribution in [3.8, 4) is 11.5 Å². The number of hydrogen-bond donors (Lipinski definition) is 0. The van der Waals surface area contributed by atoms with Gasteiger partial charge in [0.15, 0.2) is 0 Å². The van der Waals surface area contributed by atoms with E-state index in [1.165, 1.54) is 6.08 Å². The predicted molar refractivity (Wildman–Crippen MR) is 88.7 cm³/mol. The number of hydrogen-bond acceptors (Lipinski definition) is 5. The summed E-state index contributed by atoms with van der Waals surface area (Å²) in [6, 6.07) is 14.2. The zero-order valence-corrected chi connectivity index (χ0v) is 13.1. The first-order valence-electron chi connectivity index (χ1n) is 7.30. The van der Waals surface area contributed by atoms with Crippen LogP contribution in [0, 0.1) is 0 Å². The minimum absolute atomic E-state index is 0.406. The standard InChI is InChI=1S/C18H18N2O3/c1-3-5-18(21)23-17-12-8-15(9-13-17)20-19-14-6-10-16(11-7-14)22-4-2/h3,5-13H,4H2,1-2H3/b5-3+,20-19+. The highest BCUT2D eigenvalue weighted by Crippen LogP contribution is 2.23. The number of carbonyl (C=O) groups is 1. The van der Waals surface area contributed by atoms with Crippen LogP contribution in [0.2, 0.25) is 0 Å². The molecule has 0 bridgehead atoms. The average molecular weight is 310 g/mol. The summed E-state index contributed by atoms with van der Waals surface area (Å²) in [5.41, 5.74) is 1.40. The molecule has 0 aromatic heterocycles. The summed E-state index contributed by atoms with van der Waals surface area (Å²) in [4.78, 5) is 11.3. The third-order valence-electron chi connectivity index (χ3n) is 2.79. The molecule has 118 valence electrons. The van der Waals surface area contributed by atoms with Gasteiger partial charge in [0.1, 0.15) is 11.5 Å². The number of rotatable bonds is 6. The fraction of sp³-hybridized carbons (Fsp3) is 0.167. The van der Waals surface area contributed by atoms with Crippen molar-refractivity contribution in [3.63, 3.8) is 0 Å². The Morgan fingerprint density at radius 2 is 1.48 bits per heavy atom. The topological polar surface area (TPSA) is 60.2 Å². The van der Waals surface area contributed by atoms with E-state index in [1.807, 2.05) is 31.2 Å². The molecule has 23 heavy (non-hydrogen) atoms. The Balaban J connectivity index is 1.98. The van der Waals surface area contributed by atoms with Gasteiger partial charge in [0.2, 0.25) is 0 Å². The van der Waals surface area contributed by atoms with E-state index in [0.717, 1.165) is 11.4 Å². The molecule has 0 amide bonds. The molecule has 0 N–H and O–H groups in total. The summed E-state index contributed by atoms with van der Waals surface area (Å²) >= 11 is 0. The maximum absolute atomic E-state index is 11.3. The number of azo groups is 1. The summed E-state index contributed by atoms with van der Waals surface area (Å²) in [5.74, 6) is 0.864. The molecule has 2 rings (SSSR count). The van der Waals surface area contributed by atoms with Crippen LogP contribution in [0.4, 0.5) is 11.4 Å². The molecule has 5 heteroatoms. The van der Waals surface area contributed by atoms with Crippen molar-refractivity contribution >= 4 is 17.3 Å². The fourth-order valence-corrected chi connectivity index (χ4v) is 1.76. The molecule has 0 unspecified atom stereocenters. The van der Waals surface area contributed by atoms with Gasteiger partial charge in [0.05, 0.1) is 18.0 Å². The van der Waals surface area contributed by atoms with E-state index in [1.54, 1.807) is 37.3 Å². The van der Waals surface area contributed by atoms with Crippen molar-refractivity contribution < 1.29 is 14.3 Å². The first-order valence-corrected chi connectivity index (χ1v) is 7.30. The molecule has 0 spiro atoms. The fourth-order valence-electron chi connectivity index (χ4n) is 1.76. The Labute approximate surface area is 135 Å². The van der Waals surface area contributed by atoms with Gasteiger partial charge in [-0.15, -0.1) is 0 Å². The molecule has 5 nitrogen and oxygen atoms in total. The smallest absolute Gasteiger partial charge is 0.335 e. The molecule has 0 saturated carbocycles. The van der Waals surface area contributed by atoms with E-state index in [9.17, 15) is 4.79 Å². The second kappa shape index (κ2) is 8.48. The number of ether oxygens (including phenoxy) is 2.